The van der Waals surface area contributed by atoms with Crippen molar-refractivity contribution in [3.63, 3.8) is 0 Å². The lowest BCUT2D eigenvalue weighted by Gasteiger charge is -2.23. The zero-order valence-corrected chi connectivity index (χ0v) is 5.98. The SMILES string of the molecule is CC[CH]C1CNCCN1. The maximum absolute atomic E-state index is 3.40. The van der Waals surface area contributed by atoms with Crippen molar-refractivity contribution in [2.24, 2.45) is 0 Å². The van der Waals surface area contributed by atoms with E-state index in [0.717, 1.165) is 19.6 Å². The third-order valence-corrected chi connectivity index (χ3v) is 1.59. The lowest BCUT2D eigenvalue weighted by atomic mass is 10.1. The molecule has 1 heterocycles. The highest BCUT2D eigenvalue weighted by Gasteiger charge is 2.09. The summed E-state index contributed by atoms with van der Waals surface area (Å²) in [5.41, 5.74) is 0. The topological polar surface area (TPSA) is 24.1 Å². The lowest BCUT2D eigenvalue weighted by molar-refractivity contribution is 0.447. The van der Waals surface area contributed by atoms with Crippen LogP contribution in [0.1, 0.15) is 13.3 Å². The summed E-state index contributed by atoms with van der Waals surface area (Å²) < 4.78 is 0. The summed E-state index contributed by atoms with van der Waals surface area (Å²) in [4.78, 5) is 0. The predicted molar refractivity (Wildman–Crippen MR) is 39.3 cm³/mol. The van der Waals surface area contributed by atoms with Crippen molar-refractivity contribution < 1.29 is 0 Å². The predicted octanol–water partition coefficient (Wildman–Crippen LogP) is 0.162. The first kappa shape index (κ1) is 7.03. The van der Waals surface area contributed by atoms with Gasteiger partial charge in [0.2, 0.25) is 0 Å². The summed E-state index contributed by atoms with van der Waals surface area (Å²) in [7, 11) is 0. The highest BCUT2D eigenvalue weighted by atomic mass is 15.0. The van der Waals surface area contributed by atoms with E-state index in [9.17, 15) is 0 Å². The molecule has 0 saturated carbocycles. The quantitative estimate of drug-likeness (QED) is 0.552. The van der Waals surface area contributed by atoms with Crippen molar-refractivity contribution in [1.29, 1.82) is 0 Å². The largest absolute Gasteiger partial charge is 0.314 e. The van der Waals surface area contributed by atoms with E-state index in [1.54, 1.807) is 0 Å². The summed E-state index contributed by atoms with van der Waals surface area (Å²) in [6.45, 7) is 5.51. The molecule has 1 aliphatic heterocycles. The van der Waals surface area contributed by atoms with Crippen molar-refractivity contribution >= 4 is 0 Å². The van der Waals surface area contributed by atoms with Crippen LogP contribution in [0.25, 0.3) is 0 Å². The average molecular weight is 127 g/mol. The van der Waals surface area contributed by atoms with E-state index in [0.29, 0.717) is 6.04 Å². The zero-order valence-electron chi connectivity index (χ0n) is 5.98. The van der Waals surface area contributed by atoms with E-state index in [1.807, 2.05) is 0 Å². The van der Waals surface area contributed by atoms with Crippen LogP contribution >= 0.6 is 0 Å². The van der Waals surface area contributed by atoms with Gasteiger partial charge in [-0.2, -0.15) is 0 Å². The van der Waals surface area contributed by atoms with Gasteiger partial charge in [-0.25, -0.2) is 0 Å². The molecular weight excluding hydrogens is 112 g/mol. The first-order chi connectivity index (χ1) is 4.43. The molecule has 1 aliphatic rings. The van der Waals surface area contributed by atoms with Gasteiger partial charge >= 0.3 is 0 Å². The molecule has 9 heavy (non-hydrogen) atoms. The van der Waals surface area contributed by atoms with Crippen LogP contribution in [-0.4, -0.2) is 25.7 Å². The van der Waals surface area contributed by atoms with Crippen LogP contribution in [0.15, 0.2) is 0 Å². The first-order valence-corrected chi connectivity index (χ1v) is 3.71. The van der Waals surface area contributed by atoms with Gasteiger partial charge < -0.3 is 10.6 Å². The van der Waals surface area contributed by atoms with Gasteiger partial charge in [-0.3, -0.25) is 0 Å². The van der Waals surface area contributed by atoms with Crippen LogP contribution in [0.5, 0.6) is 0 Å². The minimum atomic E-state index is 0.615. The molecule has 0 bridgehead atoms. The number of hydrogen-bond donors (Lipinski definition) is 2. The van der Waals surface area contributed by atoms with Gasteiger partial charge in [0.15, 0.2) is 0 Å². The Morgan fingerprint density at radius 2 is 2.44 bits per heavy atom. The second-order valence-electron chi connectivity index (χ2n) is 2.41. The van der Waals surface area contributed by atoms with Crippen molar-refractivity contribution in [3.8, 4) is 0 Å². The molecule has 2 heteroatoms. The normalized spacial score (nSPS) is 28.3. The Morgan fingerprint density at radius 1 is 1.56 bits per heavy atom. The average Bonchev–Trinajstić information content (AvgIpc) is 1.91. The molecule has 0 spiro atoms. The number of rotatable bonds is 2. The van der Waals surface area contributed by atoms with Crippen molar-refractivity contribution in [2.45, 2.75) is 19.4 Å². The van der Waals surface area contributed by atoms with E-state index in [1.165, 1.54) is 6.42 Å². The number of piperazine rings is 1. The van der Waals surface area contributed by atoms with E-state index in [4.69, 9.17) is 0 Å². The Morgan fingerprint density at radius 3 is 3.00 bits per heavy atom. The highest BCUT2D eigenvalue weighted by Crippen LogP contribution is 1.94. The van der Waals surface area contributed by atoms with Crippen LogP contribution in [0.3, 0.4) is 0 Å². The molecule has 2 N–H and O–H groups in total. The standard InChI is InChI=1S/C7H15N2/c1-2-3-7-6-8-4-5-9-7/h3,7-9H,2,4-6H2,1H3. The fraction of sp³-hybridized carbons (Fsp3) is 0.857. The van der Waals surface area contributed by atoms with Gasteiger partial charge in [0.05, 0.1) is 0 Å². The monoisotopic (exact) mass is 127 g/mol. The van der Waals surface area contributed by atoms with Crippen molar-refractivity contribution in [1.82, 2.24) is 10.6 Å². The first-order valence-electron chi connectivity index (χ1n) is 3.71. The summed E-state index contributed by atoms with van der Waals surface area (Å²) in [6.07, 6.45) is 3.48. The minimum absolute atomic E-state index is 0.615. The maximum atomic E-state index is 3.40. The van der Waals surface area contributed by atoms with Crippen molar-refractivity contribution in [3.05, 3.63) is 6.42 Å². The Hall–Kier alpha value is -0.0800. The summed E-state index contributed by atoms with van der Waals surface area (Å²) in [5.74, 6) is 0. The van der Waals surface area contributed by atoms with Crippen LogP contribution in [0, 0.1) is 6.42 Å². The molecule has 1 unspecified atom stereocenters. The molecule has 0 aromatic carbocycles. The second-order valence-corrected chi connectivity index (χ2v) is 2.41. The molecule has 1 rings (SSSR count). The zero-order chi connectivity index (χ0) is 6.53. The third-order valence-electron chi connectivity index (χ3n) is 1.59. The molecule has 2 nitrogen and oxygen atoms in total. The van der Waals surface area contributed by atoms with E-state index in [2.05, 4.69) is 24.0 Å². The molecule has 1 fully saturated rings. The molecule has 0 aromatic rings. The van der Waals surface area contributed by atoms with Gasteiger partial charge in [0.1, 0.15) is 0 Å². The lowest BCUT2D eigenvalue weighted by Crippen LogP contribution is -2.48. The molecule has 1 atom stereocenters. The summed E-state index contributed by atoms with van der Waals surface area (Å²) in [5, 5.41) is 6.73. The van der Waals surface area contributed by atoms with Gasteiger partial charge in [-0.15, -0.1) is 0 Å². The van der Waals surface area contributed by atoms with Gasteiger partial charge in [0.25, 0.3) is 0 Å². The smallest absolute Gasteiger partial charge is 0.0224 e. The Kier molecular flexibility index (Phi) is 3.01. The molecular formula is C7H15N2. The van der Waals surface area contributed by atoms with E-state index < -0.39 is 0 Å². The van der Waals surface area contributed by atoms with E-state index >= 15 is 0 Å². The molecule has 1 radical (unpaired) electrons. The third kappa shape index (κ3) is 2.33. The summed E-state index contributed by atoms with van der Waals surface area (Å²) >= 11 is 0. The highest BCUT2D eigenvalue weighted by molar-refractivity contribution is 4.86. The van der Waals surface area contributed by atoms with E-state index in [-0.39, 0.29) is 0 Å². The van der Waals surface area contributed by atoms with Gasteiger partial charge in [-0.1, -0.05) is 13.3 Å². The molecule has 53 valence electrons. The summed E-state index contributed by atoms with van der Waals surface area (Å²) in [6, 6.07) is 0.615. The molecule has 0 aliphatic carbocycles. The Labute approximate surface area is 57.0 Å². The molecule has 1 saturated heterocycles. The number of nitrogens with one attached hydrogen (secondary N) is 2. The van der Waals surface area contributed by atoms with Crippen LogP contribution in [0.2, 0.25) is 0 Å². The van der Waals surface area contributed by atoms with Crippen molar-refractivity contribution in [2.75, 3.05) is 19.6 Å². The van der Waals surface area contributed by atoms with Gasteiger partial charge in [-0.05, 0) is 6.42 Å². The van der Waals surface area contributed by atoms with Crippen LogP contribution in [0.4, 0.5) is 0 Å². The van der Waals surface area contributed by atoms with Crippen LogP contribution < -0.4 is 10.6 Å². The molecule has 0 amide bonds. The fourth-order valence-corrected chi connectivity index (χ4v) is 1.13. The number of hydrogen-bond acceptors (Lipinski definition) is 2. The minimum Gasteiger partial charge on any atom is -0.314 e. The fourth-order valence-electron chi connectivity index (χ4n) is 1.13. The maximum Gasteiger partial charge on any atom is 0.0224 e. The van der Waals surface area contributed by atoms with Crippen LogP contribution in [-0.2, 0) is 0 Å². The Balaban J connectivity index is 2.08. The Bertz CT molecular complexity index is 64.6. The van der Waals surface area contributed by atoms with Gasteiger partial charge in [0, 0.05) is 25.7 Å². The molecule has 0 aromatic heterocycles. The second kappa shape index (κ2) is 3.85.